The SMILES string of the molecule is Cc1cccc(CNS(=O)(=O)c2ccc(F)c(N)c2F)n1. The van der Waals surface area contributed by atoms with E-state index < -0.39 is 32.2 Å². The van der Waals surface area contributed by atoms with Crippen molar-refractivity contribution in [1.82, 2.24) is 9.71 Å². The van der Waals surface area contributed by atoms with E-state index in [-0.39, 0.29) is 6.54 Å². The first-order valence-corrected chi connectivity index (χ1v) is 7.45. The summed E-state index contributed by atoms with van der Waals surface area (Å²) in [7, 11) is -4.15. The van der Waals surface area contributed by atoms with Gasteiger partial charge in [0.1, 0.15) is 16.4 Å². The minimum atomic E-state index is -4.15. The van der Waals surface area contributed by atoms with Crippen LogP contribution in [0.5, 0.6) is 0 Å². The number of nitrogens with zero attached hydrogens (tertiary/aromatic N) is 1. The summed E-state index contributed by atoms with van der Waals surface area (Å²) in [5.41, 5.74) is 5.53. The Hall–Kier alpha value is -2.06. The lowest BCUT2D eigenvalue weighted by molar-refractivity contribution is 0.547. The third kappa shape index (κ3) is 3.34. The number of aromatic nitrogens is 1. The van der Waals surface area contributed by atoms with Gasteiger partial charge in [0.15, 0.2) is 5.82 Å². The largest absolute Gasteiger partial charge is 0.394 e. The summed E-state index contributed by atoms with van der Waals surface area (Å²) in [5, 5.41) is 0. The van der Waals surface area contributed by atoms with Crippen LogP contribution in [-0.2, 0) is 16.6 Å². The Morgan fingerprint density at radius 3 is 2.62 bits per heavy atom. The molecule has 0 spiro atoms. The highest BCUT2D eigenvalue weighted by molar-refractivity contribution is 7.89. The maximum absolute atomic E-state index is 13.7. The zero-order valence-electron chi connectivity index (χ0n) is 11.1. The first-order chi connectivity index (χ1) is 9.81. The average Bonchev–Trinajstić information content (AvgIpc) is 2.43. The van der Waals surface area contributed by atoms with Crippen molar-refractivity contribution in [2.45, 2.75) is 18.4 Å². The number of sulfonamides is 1. The van der Waals surface area contributed by atoms with Crippen molar-refractivity contribution >= 4 is 15.7 Å². The van der Waals surface area contributed by atoms with Crippen molar-refractivity contribution in [3.63, 3.8) is 0 Å². The molecule has 8 heteroatoms. The third-order valence-corrected chi connectivity index (χ3v) is 4.19. The molecule has 0 aliphatic heterocycles. The number of aryl methyl sites for hydroxylation is 1. The molecule has 5 nitrogen and oxygen atoms in total. The van der Waals surface area contributed by atoms with Crippen LogP contribution < -0.4 is 10.5 Å². The van der Waals surface area contributed by atoms with Crippen LogP contribution in [0.2, 0.25) is 0 Å². The van der Waals surface area contributed by atoms with Crippen LogP contribution in [0.1, 0.15) is 11.4 Å². The quantitative estimate of drug-likeness (QED) is 0.842. The maximum atomic E-state index is 13.7. The predicted octanol–water partition coefficient (Wildman–Crippen LogP) is 1.73. The zero-order chi connectivity index (χ0) is 15.6. The third-order valence-electron chi connectivity index (χ3n) is 2.77. The second-order valence-electron chi connectivity index (χ2n) is 4.37. The number of benzene rings is 1. The van der Waals surface area contributed by atoms with Gasteiger partial charge in [-0.25, -0.2) is 21.9 Å². The standard InChI is InChI=1S/C13H13F2N3O2S/c1-8-3-2-4-9(18-8)7-17-21(19,20)11-6-5-10(14)13(16)12(11)15/h2-6,17H,7,16H2,1H3. The molecule has 0 saturated heterocycles. The first-order valence-electron chi connectivity index (χ1n) is 5.97. The Morgan fingerprint density at radius 2 is 1.95 bits per heavy atom. The van der Waals surface area contributed by atoms with E-state index in [4.69, 9.17) is 5.73 Å². The molecule has 0 bridgehead atoms. The van der Waals surface area contributed by atoms with E-state index >= 15 is 0 Å². The Morgan fingerprint density at radius 1 is 1.24 bits per heavy atom. The Bertz CT molecular complexity index is 779. The van der Waals surface area contributed by atoms with E-state index in [2.05, 4.69) is 9.71 Å². The Balaban J connectivity index is 2.25. The number of nitrogen functional groups attached to an aromatic ring is 1. The lowest BCUT2D eigenvalue weighted by Crippen LogP contribution is -2.25. The van der Waals surface area contributed by atoms with Crippen molar-refractivity contribution in [1.29, 1.82) is 0 Å². The van der Waals surface area contributed by atoms with Crippen LogP contribution in [0, 0.1) is 18.6 Å². The molecule has 2 rings (SSSR count). The van der Waals surface area contributed by atoms with Gasteiger partial charge in [0.2, 0.25) is 10.0 Å². The number of hydrogen-bond acceptors (Lipinski definition) is 4. The van der Waals surface area contributed by atoms with Gasteiger partial charge in [0, 0.05) is 5.69 Å². The van der Waals surface area contributed by atoms with Crippen LogP contribution in [0.4, 0.5) is 14.5 Å². The molecule has 2 aromatic rings. The van der Waals surface area contributed by atoms with Crippen LogP contribution >= 0.6 is 0 Å². The molecular formula is C13H13F2N3O2S. The normalized spacial score (nSPS) is 11.6. The van der Waals surface area contributed by atoms with E-state index in [0.717, 1.165) is 17.8 Å². The number of halogens is 2. The number of nitrogens with two attached hydrogens (primary N) is 1. The smallest absolute Gasteiger partial charge is 0.243 e. The van der Waals surface area contributed by atoms with E-state index in [1.165, 1.54) is 0 Å². The number of hydrogen-bond donors (Lipinski definition) is 2. The molecule has 0 unspecified atom stereocenters. The van der Waals surface area contributed by atoms with Gasteiger partial charge in [0.25, 0.3) is 0 Å². The Kier molecular flexibility index (Phi) is 4.19. The highest BCUT2D eigenvalue weighted by Crippen LogP contribution is 2.22. The first kappa shape index (κ1) is 15.3. The topological polar surface area (TPSA) is 85.1 Å². The van der Waals surface area contributed by atoms with Gasteiger partial charge in [0.05, 0.1) is 12.2 Å². The van der Waals surface area contributed by atoms with Crippen LogP contribution in [0.15, 0.2) is 35.2 Å². The summed E-state index contributed by atoms with van der Waals surface area (Å²) in [6, 6.07) is 6.75. The van der Waals surface area contributed by atoms with Crippen LogP contribution in [0.25, 0.3) is 0 Å². The molecule has 112 valence electrons. The average molecular weight is 313 g/mol. The molecule has 21 heavy (non-hydrogen) atoms. The lowest BCUT2D eigenvalue weighted by Gasteiger charge is -2.09. The van der Waals surface area contributed by atoms with Crippen LogP contribution in [0.3, 0.4) is 0 Å². The molecule has 1 aromatic carbocycles. The van der Waals surface area contributed by atoms with Gasteiger partial charge in [-0.1, -0.05) is 6.07 Å². The maximum Gasteiger partial charge on any atom is 0.243 e. The Labute approximate surface area is 120 Å². The summed E-state index contributed by atoms with van der Waals surface area (Å²) >= 11 is 0. The zero-order valence-corrected chi connectivity index (χ0v) is 11.9. The monoisotopic (exact) mass is 313 g/mol. The van der Waals surface area contributed by atoms with E-state index in [0.29, 0.717) is 5.69 Å². The molecule has 0 fully saturated rings. The summed E-state index contributed by atoms with van der Waals surface area (Å²) in [6.07, 6.45) is 0. The lowest BCUT2D eigenvalue weighted by atomic mass is 10.3. The van der Waals surface area contributed by atoms with Gasteiger partial charge >= 0.3 is 0 Å². The van der Waals surface area contributed by atoms with Gasteiger partial charge < -0.3 is 5.73 Å². The minimum Gasteiger partial charge on any atom is -0.394 e. The summed E-state index contributed by atoms with van der Waals surface area (Å²) in [5.74, 6) is -2.31. The molecule has 0 amide bonds. The van der Waals surface area contributed by atoms with Crippen molar-refractivity contribution in [2.75, 3.05) is 5.73 Å². The highest BCUT2D eigenvalue weighted by atomic mass is 32.2. The second kappa shape index (κ2) is 5.74. The summed E-state index contributed by atoms with van der Waals surface area (Å²) in [4.78, 5) is 3.42. The van der Waals surface area contributed by atoms with Crippen LogP contribution in [-0.4, -0.2) is 13.4 Å². The number of nitrogens with one attached hydrogen (secondary N) is 1. The van der Waals surface area contributed by atoms with E-state index in [1.807, 2.05) is 0 Å². The molecule has 1 aromatic heterocycles. The molecular weight excluding hydrogens is 300 g/mol. The van der Waals surface area contributed by atoms with Crippen molar-refractivity contribution < 1.29 is 17.2 Å². The molecule has 1 heterocycles. The number of anilines is 1. The van der Waals surface area contributed by atoms with Gasteiger partial charge in [-0.2, -0.15) is 0 Å². The minimum absolute atomic E-state index is 0.110. The molecule has 0 aliphatic rings. The van der Waals surface area contributed by atoms with E-state index in [1.54, 1.807) is 25.1 Å². The molecule has 0 atom stereocenters. The van der Waals surface area contributed by atoms with Gasteiger partial charge in [-0.05, 0) is 31.2 Å². The number of rotatable bonds is 4. The fourth-order valence-electron chi connectivity index (χ4n) is 1.70. The van der Waals surface area contributed by atoms with Gasteiger partial charge in [-0.3, -0.25) is 4.98 Å². The molecule has 0 radical (unpaired) electrons. The second-order valence-corrected chi connectivity index (χ2v) is 6.10. The van der Waals surface area contributed by atoms with Crippen molar-refractivity contribution in [3.8, 4) is 0 Å². The fraction of sp³-hybridized carbons (Fsp3) is 0.154. The summed E-state index contributed by atoms with van der Waals surface area (Å²) < 4.78 is 53.0. The number of pyridine rings is 1. The molecule has 3 N–H and O–H groups in total. The molecule has 0 saturated carbocycles. The highest BCUT2D eigenvalue weighted by Gasteiger charge is 2.22. The predicted molar refractivity (Wildman–Crippen MR) is 73.8 cm³/mol. The van der Waals surface area contributed by atoms with Crippen molar-refractivity contribution in [2.24, 2.45) is 0 Å². The van der Waals surface area contributed by atoms with E-state index in [9.17, 15) is 17.2 Å². The van der Waals surface area contributed by atoms with Crippen molar-refractivity contribution in [3.05, 3.63) is 53.4 Å². The fourth-order valence-corrected chi connectivity index (χ4v) is 2.79. The molecule has 0 aliphatic carbocycles. The summed E-state index contributed by atoms with van der Waals surface area (Å²) in [6.45, 7) is 1.65. The van der Waals surface area contributed by atoms with Gasteiger partial charge in [-0.15, -0.1) is 0 Å².